The van der Waals surface area contributed by atoms with Crippen LogP contribution in [-0.4, -0.2) is 32.6 Å². The van der Waals surface area contributed by atoms with E-state index in [4.69, 9.17) is 4.74 Å². The lowest BCUT2D eigenvalue weighted by Gasteiger charge is -2.31. The summed E-state index contributed by atoms with van der Waals surface area (Å²) in [5.74, 6) is 0.301. The van der Waals surface area contributed by atoms with E-state index in [0.717, 1.165) is 5.56 Å². The number of aromatic hydroxyl groups is 3. The summed E-state index contributed by atoms with van der Waals surface area (Å²) in [4.78, 5) is 0. The van der Waals surface area contributed by atoms with Crippen LogP contribution in [0.2, 0.25) is 0 Å². The maximum atomic E-state index is 10.2. The summed E-state index contributed by atoms with van der Waals surface area (Å²) in [5.41, 5.74) is 1.35. The number of rotatable bonds is 2. The molecule has 2 unspecified atom stereocenters. The molecule has 0 aromatic heterocycles. The maximum absolute atomic E-state index is 10.2. The summed E-state index contributed by atoms with van der Waals surface area (Å²) in [6.45, 7) is 0. The Hall–Kier alpha value is -2.40. The Morgan fingerprint density at radius 1 is 1.00 bits per heavy atom. The lowest BCUT2D eigenvalue weighted by molar-refractivity contribution is 0.0214. The first-order valence-electron chi connectivity index (χ1n) is 6.71. The zero-order valence-corrected chi connectivity index (χ0v) is 11.2. The molecule has 5 nitrogen and oxygen atoms in total. The number of phenols is 3. The molecule has 0 bridgehead atoms. The van der Waals surface area contributed by atoms with E-state index in [2.05, 4.69) is 0 Å². The van der Waals surface area contributed by atoms with Crippen LogP contribution in [0.4, 0.5) is 0 Å². The highest BCUT2D eigenvalue weighted by Crippen LogP contribution is 2.35. The van der Waals surface area contributed by atoms with Gasteiger partial charge in [0.1, 0.15) is 17.6 Å². The number of aliphatic hydroxyl groups is 1. The summed E-state index contributed by atoms with van der Waals surface area (Å²) in [6.07, 6.45) is -0.508. The van der Waals surface area contributed by atoms with Gasteiger partial charge < -0.3 is 25.2 Å². The van der Waals surface area contributed by atoms with Crippen molar-refractivity contribution in [2.24, 2.45) is 0 Å². The summed E-state index contributed by atoms with van der Waals surface area (Å²) in [5, 5.41) is 38.7. The van der Waals surface area contributed by atoms with Gasteiger partial charge in [0.05, 0.1) is 6.10 Å². The second-order valence-corrected chi connectivity index (χ2v) is 5.21. The van der Waals surface area contributed by atoms with Crippen LogP contribution in [0.5, 0.6) is 23.0 Å². The van der Waals surface area contributed by atoms with Crippen molar-refractivity contribution in [3.63, 3.8) is 0 Å². The lowest BCUT2D eigenvalue weighted by atomic mass is 9.94. The van der Waals surface area contributed by atoms with Crippen LogP contribution in [0, 0.1) is 0 Å². The summed E-state index contributed by atoms with van der Waals surface area (Å²) < 4.78 is 5.74. The van der Waals surface area contributed by atoms with Crippen LogP contribution in [0.25, 0.3) is 0 Å². The SMILES string of the molecule is Oc1ccc(CC2Oc3cccc(O)c3CC2O)cc1O. The van der Waals surface area contributed by atoms with Crippen molar-refractivity contribution in [2.45, 2.75) is 25.0 Å². The molecule has 110 valence electrons. The van der Waals surface area contributed by atoms with Gasteiger partial charge in [-0.15, -0.1) is 0 Å². The van der Waals surface area contributed by atoms with Gasteiger partial charge in [-0.05, 0) is 29.8 Å². The third-order valence-electron chi connectivity index (χ3n) is 3.71. The largest absolute Gasteiger partial charge is 0.508 e. The average molecular weight is 288 g/mol. The van der Waals surface area contributed by atoms with E-state index in [1.54, 1.807) is 24.3 Å². The zero-order chi connectivity index (χ0) is 15.0. The molecule has 1 heterocycles. The highest BCUT2D eigenvalue weighted by Gasteiger charge is 2.30. The fourth-order valence-corrected chi connectivity index (χ4v) is 2.56. The number of aliphatic hydroxyl groups excluding tert-OH is 1. The van der Waals surface area contributed by atoms with Gasteiger partial charge in [0, 0.05) is 18.4 Å². The first-order valence-corrected chi connectivity index (χ1v) is 6.71. The van der Waals surface area contributed by atoms with E-state index < -0.39 is 12.2 Å². The van der Waals surface area contributed by atoms with Gasteiger partial charge in [-0.3, -0.25) is 0 Å². The van der Waals surface area contributed by atoms with Crippen molar-refractivity contribution >= 4 is 0 Å². The minimum absolute atomic E-state index is 0.118. The van der Waals surface area contributed by atoms with Crippen LogP contribution in [0.1, 0.15) is 11.1 Å². The number of phenolic OH excluding ortho intramolecular Hbond substituents is 3. The maximum Gasteiger partial charge on any atom is 0.157 e. The Bertz CT molecular complexity index is 668. The predicted molar refractivity (Wildman–Crippen MR) is 75.7 cm³/mol. The number of fused-ring (bicyclic) bond motifs is 1. The Morgan fingerprint density at radius 3 is 2.57 bits per heavy atom. The van der Waals surface area contributed by atoms with E-state index in [-0.39, 0.29) is 17.2 Å². The van der Waals surface area contributed by atoms with Gasteiger partial charge in [0.25, 0.3) is 0 Å². The highest BCUT2D eigenvalue weighted by atomic mass is 16.5. The van der Waals surface area contributed by atoms with Gasteiger partial charge in [0.2, 0.25) is 0 Å². The molecule has 5 heteroatoms. The predicted octanol–water partition coefficient (Wildman–Crippen LogP) is 1.71. The molecule has 3 rings (SSSR count). The Morgan fingerprint density at radius 2 is 1.81 bits per heavy atom. The topological polar surface area (TPSA) is 90.2 Å². The fourth-order valence-electron chi connectivity index (χ4n) is 2.56. The molecule has 0 amide bonds. The van der Waals surface area contributed by atoms with Gasteiger partial charge >= 0.3 is 0 Å². The third-order valence-corrected chi connectivity index (χ3v) is 3.71. The summed E-state index contributed by atoms with van der Waals surface area (Å²) in [7, 11) is 0. The molecule has 0 spiro atoms. The Balaban J connectivity index is 1.82. The first kappa shape index (κ1) is 13.6. The second kappa shape index (κ2) is 5.18. The second-order valence-electron chi connectivity index (χ2n) is 5.21. The number of benzene rings is 2. The van der Waals surface area contributed by atoms with E-state index >= 15 is 0 Å². The van der Waals surface area contributed by atoms with Crippen molar-refractivity contribution in [1.29, 1.82) is 0 Å². The Labute approximate surface area is 121 Å². The molecule has 1 aliphatic heterocycles. The van der Waals surface area contributed by atoms with Crippen LogP contribution >= 0.6 is 0 Å². The van der Waals surface area contributed by atoms with Crippen molar-refractivity contribution in [3.05, 3.63) is 47.5 Å². The molecular weight excluding hydrogens is 272 g/mol. The van der Waals surface area contributed by atoms with Crippen LogP contribution in [0.3, 0.4) is 0 Å². The van der Waals surface area contributed by atoms with E-state index in [1.807, 2.05) is 0 Å². The molecule has 4 N–H and O–H groups in total. The number of ether oxygens (including phenoxy) is 1. The molecule has 0 saturated heterocycles. The molecule has 2 aromatic rings. The van der Waals surface area contributed by atoms with Crippen molar-refractivity contribution < 1.29 is 25.2 Å². The van der Waals surface area contributed by atoms with Gasteiger partial charge in [0.15, 0.2) is 11.5 Å². The minimum atomic E-state index is -0.748. The molecule has 0 radical (unpaired) electrons. The fraction of sp³-hybridized carbons (Fsp3) is 0.250. The monoisotopic (exact) mass is 288 g/mol. The first-order chi connectivity index (χ1) is 10.0. The van der Waals surface area contributed by atoms with Crippen LogP contribution in [-0.2, 0) is 12.8 Å². The number of hydrogen-bond donors (Lipinski definition) is 4. The standard InChI is InChI=1S/C16H16O5/c17-11-2-1-3-15-10(11)8-14(20)16(21-15)7-9-4-5-12(18)13(19)6-9/h1-6,14,16-20H,7-8H2. The van der Waals surface area contributed by atoms with Crippen molar-refractivity contribution in [2.75, 3.05) is 0 Å². The summed E-state index contributed by atoms with van der Waals surface area (Å²) in [6, 6.07) is 9.52. The molecule has 2 atom stereocenters. The zero-order valence-electron chi connectivity index (χ0n) is 11.2. The number of hydrogen-bond acceptors (Lipinski definition) is 5. The smallest absolute Gasteiger partial charge is 0.157 e. The quantitative estimate of drug-likeness (QED) is 0.632. The highest BCUT2D eigenvalue weighted by molar-refractivity contribution is 5.46. The molecule has 0 aliphatic carbocycles. The van der Waals surface area contributed by atoms with Crippen molar-refractivity contribution in [3.8, 4) is 23.0 Å². The normalized spacial score (nSPS) is 20.6. The van der Waals surface area contributed by atoms with E-state index in [1.165, 1.54) is 12.1 Å². The molecule has 1 aliphatic rings. The van der Waals surface area contributed by atoms with Crippen LogP contribution < -0.4 is 4.74 Å². The van der Waals surface area contributed by atoms with Gasteiger partial charge in [-0.1, -0.05) is 12.1 Å². The third kappa shape index (κ3) is 2.60. The molecule has 2 aromatic carbocycles. The average Bonchev–Trinajstić information content (AvgIpc) is 2.45. The van der Waals surface area contributed by atoms with Crippen molar-refractivity contribution in [1.82, 2.24) is 0 Å². The molecule has 0 saturated carbocycles. The molecule has 21 heavy (non-hydrogen) atoms. The summed E-state index contributed by atoms with van der Waals surface area (Å²) >= 11 is 0. The molecule has 0 fully saturated rings. The molecular formula is C16H16O5. The Kier molecular flexibility index (Phi) is 3.35. The van der Waals surface area contributed by atoms with E-state index in [0.29, 0.717) is 24.2 Å². The van der Waals surface area contributed by atoms with Gasteiger partial charge in [-0.2, -0.15) is 0 Å². The minimum Gasteiger partial charge on any atom is -0.508 e. The lowest BCUT2D eigenvalue weighted by Crippen LogP contribution is -2.39. The van der Waals surface area contributed by atoms with Gasteiger partial charge in [-0.25, -0.2) is 0 Å². The van der Waals surface area contributed by atoms with E-state index in [9.17, 15) is 20.4 Å². The van der Waals surface area contributed by atoms with Crippen LogP contribution in [0.15, 0.2) is 36.4 Å².